The largest absolute Gasteiger partial charge is 0.299 e. The highest BCUT2D eigenvalue weighted by Gasteiger charge is 2.64. The molecule has 0 saturated carbocycles. The van der Waals surface area contributed by atoms with Crippen LogP contribution in [0.1, 0.15) is 37.5 Å². The van der Waals surface area contributed by atoms with Crippen molar-refractivity contribution >= 4 is 40.5 Å². The molecule has 5 rings (SSSR count). The van der Waals surface area contributed by atoms with E-state index in [1.165, 1.54) is 17.3 Å². The Morgan fingerprint density at radius 3 is 2.43 bits per heavy atom. The van der Waals surface area contributed by atoms with Gasteiger partial charge in [0.05, 0.1) is 17.0 Å². The lowest BCUT2D eigenvalue weighted by Gasteiger charge is -2.40. The Balaban J connectivity index is 1.84. The fourth-order valence-corrected chi connectivity index (χ4v) is 6.22. The van der Waals surface area contributed by atoms with E-state index in [-0.39, 0.29) is 11.8 Å². The predicted molar refractivity (Wildman–Crippen MR) is 114 cm³/mol. The predicted octanol–water partition coefficient (Wildman–Crippen LogP) is 4.47. The van der Waals surface area contributed by atoms with E-state index >= 15 is 0 Å². The molecule has 0 aliphatic carbocycles. The lowest BCUT2D eigenvalue weighted by molar-refractivity contribution is -0.124. The number of allylic oxidation sites excluding steroid dienone is 1. The molecule has 28 heavy (non-hydrogen) atoms. The van der Waals surface area contributed by atoms with Crippen LogP contribution in [0.25, 0.3) is 5.57 Å². The topological polar surface area (TPSA) is 40.6 Å². The van der Waals surface area contributed by atoms with E-state index in [1.54, 1.807) is 4.90 Å². The van der Waals surface area contributed by atoms with Crippen molar-refractivity contribution in [2.24, 2.45) is 0 Å². The van der Waals surface area contributed by atoms with Gasteiger partial charge in [0, 0.05) is 16.8 Å². The molecule has 1 atom stereocenters. The third kappa shape index (κ3) is 2.03. The van der Waals surface area contributed by atoms with E-state index in [0.717, 1.165) is 28.1 Å². The molecule has 2 amide bonds. The molecule has 4 nitrogen and oxygen atoms in total. The molecule has 3 aliphatic heterocycles. The fraction of sp³-hybridized carbons (Fsp3) is 0.304. The van der Waals surface area contributed by atoms with Gasteiger partial charge in [-0.05, 0) is 57.0 Å². The second kappa shape index (κ2) is 5.51. The summed E-state index contributed by atoms with van der Waals surface area (Å²) in [5.74, 6) is 0.245. The summed E-state index contributed by atoms with van der Waals surface area (Å²) in [5.41, 5.74) is 5.58. The summed E-state index contributed by atoms with van der Waals surface area (Å²) in [5, 5.41) is 0. The molecule has 1 fully saturated rings. The number of hydrogen-bond donors (Lipinski definition) is 0. The molecule has 0 N–H and O–H groups in total. The third-order valence-corrected chi connectivity index (χ3v) is 7.28. The van der Waals surface area contributed by atoms with Crippen molar-refractivity contribution in [3.8, 4) is 0 Å². The maximum atomic E-state index is 14.0. The first-order chi connectivity index (χ1) is 13.3. The van der Waals surface area contributed by atoms with Crippen molar-refractivity contribution < 1.29 is 9.59 Å². The molecule has 3 aliphatic rings. The van der Waals surface area contributed by atoms with E-state index in [4.69, 9.17) is 0 Å². The van der Waals surface area contributed by atoms with Gasteiger partial charge in [-0.2, -0.15) is 0 Å². The van der Waals surface area contributed by atoms with Crippen molar-refractivity contribution in [2.45, 2.75) is 38.1 Å². The summed E-state index contributed by atoms with van der Waals surface area (Å²) in [4.78, 5) is 29.7. The number of aryl methyl sites for hydroxylation is 1. The highest BCUT2D eigenvalue weighted by molar-refractivity contribution is 8.02. The van der Waals surface area contributed by atoms with E-state index in [9.17, 15) is 9.59 Å². The molecule has 0 unspecified atom stereocenters. The quantitative estimate of drug-likeness (QED) is 0.721. The van der Waals surface area contributed by atoms with Crippen LogP contribution < -0.4 is 9.80 Å². The van der Waals surface area contributed by atoms with Crippen molar-refractivity contribution in [3.05, 3.63) is 65.2 Å². The highest BCUT2D eigenvalue weighted by atomic mass is 32.2. The summed E-state index contributed by atoms with van der Waals surface area (Å²) in [6, 6.07) is 13.8. The summed E-state index contributed by atoms with van der Waals surface area (Å²) >= 11 is 1.44. The number of hydrogen-bond acceptors (Lipinski definition) is 3. The van der Waals surface area contributed by atoms with Crippen LogP contribution in [0.5, 0.6) is 0 Å². The lowest BCUT2D eigenvalue weighted by Crippen LogP contribution is -2.54. The van der Waals surface area contributed by atoms with Gasteiger partial charge in [-0.15, -0.1) is 11.8 Å². The van der Waals surface area contributed by atoms with Crippen LogP contribution in [-0.4, -0.2) is 23.1 Å². The van der Waals surface area contributed by atoms with Crippen LogP contribution in [0, 0.1) is 6.92 Å². The van der Waals surface area contributed by atoms with E-state index < -0.39 is 10.4 Å². The second-order valence-electron chi connectivity index (χ2n) is 8.33. The normalized spacial score (nSPS) is 24.8. The molecule has 2 aromatic rings. The van der Waals surface area contributed by atoms with Gasteiger partial charge in [0.25, 0.3) is 5.91 Å². The van der Waals surface area contributed by atoms with Crippen LogP contribution in [-0.2, 0) is 14.5 Å². The number of carbonyl (C=O) groups excluding carboxylic acids is 2. The Morgan fingerprint density at radius 2 is 1.71 bits per heavy atom. The maximum absolute atomic E-state index is 14.0. The lowest BCUT2D eigenvalue weighted by atomic mass is 9.88. The average Bonchev–Trinajstić information content (AvgIpc) is 3.11. The number of thioether (sulfide) groups is 1. The highest BCUT2D eigenvalue weighted by Crippen LogP contribution is 2.60. The average molecular weight is 391 g/mol. The van der Waals surface area contributed by atoms with Gasteiger partial charge in [-0.25, -0.2) is 0 Å². The van der Waals surface area contributed by atoms with Gasteiger partial charge in [-0.1, -0.05) is 30.3 Å². The number of para-hydroxylation sites is 1. The van der Waals surface area contributed by atoms with Crippen molar-refractivity contribution in [1.29, 1.82) is 0 Å². The van der Waals surface area contributed by atoms with Gasteiger partial charge in [-0.3, -0.25) is 19.4 Å². The SMILES string of the molecule is CC1=CC(C)(C)N2C(=O)[C@@]3(SCC(=O)N3c3ccccc3)c3cc(C)cc1c32. The van der Waals surface area contributed by atoms with E-state index in [2.05, 4.69) is 45.9 Å². The molecule has 1 spiro atoms. The molecular weight excluding hydrogens is 368 g/mol. The molecule has 0 aromatic heterocycles. The zero-order valence-electron chi connectivity index (χ0n) is 16.4. The number of rotatable bonds is 1. The molecule has 1 saturated heterocycles. The number of carbonyl (C=O) groups is 2. The molecule has 142 valence electrons. The first kappa shape index (κ1) is 17.6. The van der Waals surface area contributed by atoms with E-state index in [1.807, 2.05) is 35.2 Å². The number of benzene rings is 2. The zero-order valence-corrected chi connectivity index (χ0v) is 17.3. The smallest absolute Gasteiger partial charge is 0.269 e. The summed E-state index contributed by atoms with van der Waals surface area (Å²) in [6.45, 7) is 8.28. The van der Waals surface area contributed by atoms with Crippen LogP contribution in [0.4, 0.5) is 11.4 Å². The second-order valence-corrected chi connectivity index (χ2v) is 9.50. The Kier molecular flexibility index (Phi) is 3.45. The van der Waals surface area contributed by atoms with Gasteiger partial charge in [0.1, 0.15) is 0 Å². The Hall–Kier alpha value is -2.53. The Bertz CT molecular complexity index is 1070. The van der Waals surface area contributed by atoms with Crippen LogP contribution in [0.3, 0.4) is 0 Å². The Morgan fingerprint density at radius 1 is 1.00 bits per heavy atom. The minimum absolute atomic E-state index is 0.0252. The molecule has 0 radical (unpaired) electrons. The number of amides is 2. The first-order valence-electron chi connectivity index (χ1n) is 9.49. The third-order valence-electron chi connectivity index (χ3n) is 5.89. The van der Waals surface area contributed by atoms with Gasteiger partial charge in [0.15, 0.2) is 0 Å². The molecule has 3 heterocycles. The first-order valence-corrected chi connectivity index (χ1v) is 10.5. The molecule has 5 heteroatoms. The zero-order chi connectivity index (χ0) is 19.8. The van der Waals surface area contributed by atoms with Crippen LogP contribution >= 0.6 is 11.8 Å². The summed E-state index contributed by atoms with van der Waals surface area (Å²) in [7, 11) is 0. The Labute approximate surface area is 169 Å². The molecule has 0 bridgehead atoms. The summed E-state index contributed by atoms with van der Waals surface area (Å²) in [6.07, 6.45) is 2.16. The van der Waals surface area contributed by atoms with Crippen molar-refractivity contribution in [2.75, 3.05) is 15.6 Å². The summed E-state index contributed by atoms with van der Waals surface area (Å²) < 4.78 is 0. The van der Waals surface area contributed by atoms with Gasteiger partial charge < -0.3 is 0 Å². The fourth-order valence-electron chi connectivity index (χ4n) is 4.90. The minimum Gasteiger partial charge on any atom is -0.299 e. The van der Waals surface area contributed by atoms with Gasteiger partial charge >= 0.3 is 0 Å². The molecular formula is C23H22N2O2S. The van der Waals surface area contributed by atoms with Gasteiger partial charge in [0.2, 0.25) is 10.8 Å². The standard InChI is InChI=1S/C23H22N2O2S/c1-14-10-17-15(2)12-22(3,4)25-20(17)18(11-14)23(21(25)27)24(19(26)13-28-23)16-8-6-5-7-9-16/h5-12H,13H2,1-4H3/t23-/m0/s1. The van der Waals surface area contributed by atoms with Crippen molar-refractivity contribution in [3.63, 3.8) is 0 Å². The van der Waals surface area contributed by atoms with Crippen molar-refractivity contribution in [1.82, 2.24) is 0 Å². The number of nitrogens with zero attached hydrogens (tertiary/aromatic N) is 2. The monoisotopic (exact) mass is 390 g/mol. The number of fused-ring (bicyclic) bond motifs is 1. The van der Waals surface area contributed by atoms with E-state index in [0.29, 0.717) is 5.75 Å². The minimum atomic E-state index is -1.04. The van der Waals surface area contributed by atoms with Crippen LogP contribution in [0.15, 0.2) is 48.5 Å². The number of anilines is 2. The molecule has 2 aromatic carbocycles. The van der Waals surface area contributed by atoms with Crippen LogP contribution in [0.2, 0.25) is 0 Å². The maximum Gasteiger partial charge on any atom is 0.269 e.